The molecule has 0 fully saturated rings. The van der Waals surface area contributed by atoms with E-state index in [4.69, 9.17) is 4.74 Å². The predicted molar refractivity (Wildman–Crippen MR) is 33.5 cm³/mol. The van der Waals surface area contributed by atoms with Crippen LogP contribution >= 0.6 is 0 Å². The Balaban J connectivity index is 2.36. The number of carbonyl (C=O) groups excluding carboxylic acids is 1. The van der Waals surface area contributed by atoms with Gasteiger partial charge in [-0.1, -0.05) is 6.08 Å². The van der Waals surface area contributed by atoms with Gasteiger partial charge in [-0.05, 0) is 12.2 Å². The molecule has 0 saturated heterocycles. The summed E-state index contributed by atoms with van der Waals surface area (Å²) < 4.78 is 4.99. The third kappa shape index (κ3) is 1.72. The lowest BCUT2D eigenvalue weighted by Crippen LogP contribution is -2.07. The van der Waals surface area contributed by atoms with Crippen molar-refractivity contribution >= 4 is 6.29 Å². The van der Waals surface area contributed by atoms with Gasteiger partial charge < -0.3 is 4.74 Å². The normalized spacial score (nSPS) is 23.3. The Labute approximate surface area is 53.8 Å². The summed E-state index contributed by atoms with van der Waals surface area (Å²) >= 11 is 0. The van der Waals surface area contributed by atoms with Gasteiger partial charge in [0.05, 0.1) is 12.7 Å². The van der Waals surface area contributed by atoms with Crippen molar-refractivity contribution in [3.8, 4) is 0 Å². The molecule has 0 aromatic heterocycles. The largest absolute Gasteiger partial charge is 0.493 e. The molecule has 0 N–H and O–H groups in total. The fourth-order valence-corrected chi connectivity index (χ4v) is 0.623. The number of hydrogen-bond acceptors (Lipinski definition) is 2. The average Bonchev–Trinajstić information content (AvgIpc) is 1.91. The van der Waals surface area contributed by atoms with Crippen molar-refractivity contribution in [2.24, 2.45) is 0 Å². The van der Waals surface area contributed by atoms with Gasteiger partial charge in [-0.25, -0.2) is 0 Å². The minimum Gasteiger partial charge on any atom is -0.493 e. The monoisotopic (exact) mass is 123 g/mol. The summed E-state index contributed by atoms with van der Waals surface area (Å²) in [6, 6.07) is 0. The van der Waals surface area contributed by atoms with E-state index in [1.165, 1.54) is 0 Å². The van der Waals surface area contributed by atoms with Crippen LogP contribution in [-0.2, 0) is 9.53 Å². The van der Waals surface area contributed by atoms with Crippen LogP contribution in [0.1, 0.15) is 6.42 Å². The molecule has 1 radical (unpaired) electrons. The van der Waals surface area contributed by atoms with Crippen LogP contribution in [-0.4, -0.2) is 12.4 Å². The van der Waals surface area contributed by atoms with Crippen LogP contribution in [0.2, 0.25) is 0 Å². The Kier molecular flexibility index (Phi) is 2.07. The summed E-state index contributed by atoms with van der Waals surface area (Å²) in [4.78, 5) is 9.81. The maximum Gasteiger partial charge on any atom is 0.202 e. The van der Waals surface area contributed by atoms with Crippen LogP contribution in [0.5, 0.6) is 0 Å². The first-order chi connectivity index (χ1) is 4.43. The van der Waals surface area contributed by atoms with Crippen LogP contribution < -0.4 is 0 Å². The van der Waals surface area contributed by atoms with E-state index in [1.54, 1.807) is 18.6 Å². The average molecular weight is 123 g/mol. The number of hydrogen-bond donors (Lipinski definition) is 0. The summed E-state index contributed by atoms with van der Waals surface area (Å²) in [5.74, 6) is 0. The van der Waals surface area contributed by atoms with Gasteiger partial charge in [0.1, 0.15) is 6.10 Å². The number of ether oxygens (including phenoxy) is 1. The maximum atomic E-state index is 9.81. The van der Waals surface area contributed by atoms with E-state index < -0.39 is 0 Å². The first-order valence-corrected chi connectivity index (χ1v) is 2.77. The number of allylic oxidation sites excluding steroid dienone is 2. The van der Waals surface area contributed by atoms with Gasteiger partial charge in [-0.15, -0.1) is 0 Å². The minimum absolute atomic E-state index is 0.0903. The van der Waals surface area contributed by atoms with Crippen molar-refractivity contribution in [1.29, 1.82) is 0 Å². The van der Waals surface area contributed by atoms with Crippen molar-refractivity contribution in [2.75, 3.05) is 0 Å². The fourth-order valence-electron chi connectivity index (χ4n) is 0.623. The topological polar surface area (TPSA) is 26.3 Å². The van der Waals surface area contributed by atoms with E-state index in [0.717, 1.165) is 0 Å². The van der Waals surface area contributed by atoms with Crippen LogP contribution in [0.4, 0.5) is 0 Å². The molecule has 0 bridgehead atoms. The summed E-state index contributed by atoms with van der Waals surface area (Å²) in [6.07, 6.45) is 9.03. The van der Waals surface area contributed by atoms with Crippen LogP contribution in [0.25, 0.3) is 0 Å². The van der Waals surface area contributed by atoms with Crippen molar-refractivity contribution < 1.29 is 9.53 Å². The Morgan fingerprint density at radius 1 is 1.56 bits per heavy atom. The quantitative estimate of drug-likeness (QED) is 0.546. The van der Waals surface area contributed by atoms with Gasteiger partial charge >= 0.3 is 0 Å². The molecule has 1 rings (SSSR count). The molecule has 1 aliphatic heterocycles. The van der Waals surface area contributed by atoms with E-state index in [1.807, 2.05) is 12.2 Å². The summed E-state index contributed by atoms with van der Waals surface area (Å²) in [6.45, 7) is 0. The molecular formula is C7H7O2. The van der Waals surface area contributed by atoms with Crippen molar-refractivity contribution in [3.63, 3.8) is 0 Å². The molecule has 1 atom stereocenters. The lowest BCUT2D eigenvalue weighted by atomic mass is 10.2. The Morgan fingerprint density at radius 3 is 3.00 bits per heavy atom. The van der Waals surface area contributed by atoms with Gasteiger partial charge in [0.15, 0.2) is 0 Å². The molecule has 2 nitrogen and oxygen atoms in total. The van der Waals surface area contributed by atoms with Crippen molar-refractivity contribution in [2.45, 2.75) is 12.5 Å². The van der Waals surface area contributed by atoms with E-state index >= 15 is 0 Å². The first-order valence-electron chi connectivity index (χ1n) is 2.77. The number of rotatable bonds is 2. The maximum absolute atomic E-state index is 9.81. The van der Waals surface area contributed by atoms with Gasteiger partial charge in [0, 0.05) is 0 Å². The molecule has 0 aromatic rings. The Morgan fingerprint density at radius 2 is 2.44 bits per heavy atom. The third-order valence-electron chi connectivity index (χ3n) is 1.05. The fraction of sp³-hybridized carbons (Fsp3) is 0.286. The molecule has 0 amide bonds. The highest BCUT2D eigenvalue weighted by Crippen LogP contribution is 2.03. The molecule has 2 heteroatoms. The standard InChI is InChI=1S/C7H7O2/c8-5-4-7-3-1-2-6-9-7/h1-3,6-7H,4H2. The molecule has 0 aromatic carbocycles. The van der Waals surface area contributed by atoms with Gasteiger partial charge in [-0.3, -0.25) is 4.79 Å². The van der Waals surface area contributed by atoms with Crippen LogP contribution in [0, 0.1) is 0 Å². The van der Waals surface area contributed by atoms with Crippen molar-refractivity contribution in [1.82, 2.24) is 0 Å². The van der Waals surface area contributed by atoms with Crippen LogP contribution in [0.15, 0.2) is 24.5 Å². The van der Waals surface area contributed by atoms with Gasteiger partial charge in [0.25, 0.3) is 0 Å². The molecule has 0 saturated carbocycles. The summed E-state index contributed by atoms with van der Waals surface area (Å²) in [5, 5.41) is 0. The molecule has 0 spiro atoms. The zero-order valence-corrected chi connectivity index (χ0v) is 4.91. The Bertz CT molecular complexity index is 145. The second-order valence-electron chi connectivity index (χ2n) is 1.74. The van der Waals surface area contributed by atoms with Gasteiger partial charge in [0.2, 0.25) is 6.29 Å². The molecule has 1 heterocycles. The molecule has 9 heavy (non-hydrogen) atoms. The molecule has 1 aliphatic rings. The predicted octanol–water partition coefficient (Wildman–Crippen LogP) is 0.955. The lowest BCUT2D eigenvalue weighted by Gasteiger charge is -2.10. The van der Waals surface area contributed by atoms with E-state index in [9.17, 15) is 4.79 Å². The highest BCUT2D eigenvalue weighted by molar-refractivity contribution is 5.52. The smallest absolute Gasteiger partial charge is 0.202 e. The zero-order chi connectivity index (χ0) is 6.53. The zero-order valence-electron chi connectivity index (χ0n) is 4.91. The van der Waals surface area contributed by atoms with E-state index in [2.05, 4.69) is 0 Å². The highest BCUT2D eigenvalue weighted by atomic mass is 16.5. The first kappa shape index (κ1) is 6.08. The minimum atomic E-state index is -0.0903. The second-order valence-corrected chi connectivity index (χ2v) is 1.74. The van der Waals surface area contributed by atoms with Gasteiger partial charge in [-0.2, -0.15) is 0 Å². The second kappa shape index (κ2) is 3.07. The van der Waals surface area contributed by atoms with Crippen LogP contribution in [0.3, 0.4) is 0 Å². The Hall–Kier alpha value is -1.05. The molecule has 0 aliphatic carbocycles. The lowest BCUT2D eigenvalue weighted by molar-refractivity contribution is 0.189. The highest BCUT2D eigenvalue weighted by Gasteiger charge is 2.03. The van der Waals surface area contributed by atoms with Crippen molar-refractivity contribution in [3.05, 3.63) is 24.5 Å². The van der Waals surface area contributed by atoms with E-state index in [-0.39, 0.29) is 6.10 Å². The van der Waals surface area contributed by atoms with E-state index in [0.29, 0.717) is 6.42 Å². The summed E-state index contributed by atoms with van der Waals surface area (Å²) in [5.41, 5.74) is 0. The molecular weight excluding hydrogens is 116 g/mol. The molecule has 47 valence electrons. The summed E-state index contributed by atoms with van der Waals surface area (Å²) in [7, 11) is 0. The SMILES string of the molecule is O=[C]CC1C=CC=CO1. The molecule has 1 unspecified atom stereocenters. The third-order valence-corrected chi connectivity index (χ3v) is 1.05.